The topological polar surface area (TPSA) is 96.5 Å². The van der Waals surface area contributed by atoms with Gasteiger partial charge in [0, 0.05) is 0 Å². The third kappa shape index (κ3) is 4.17. The minimum atomic E-state index is -0.893. The Morgan fingerprint density at radius 1 is 1.40 bits per heavy atom. The Morgan fingerprint density at radius 3 is 2.60 bits per heavy atom. The molecule has 0 aliphatic rings. The first-order valence-electron chi connectivity index (χ1n) is 7.98. The van der Waals surface area contributed by atoms with Gasteiger partial charge in [-0.15, -0.1) is 5.10 Å². The second-order valence-corrected chi connectivity index (χ2v) is 7.36. The van der Waals surface area contributed by atoms with E-state index >= 15 is 0 Å². The van der Waals surface area contributed by atoms with Crippen LogP contribution in [-0.4, -0.2) is 37.4 Å². The number of carbonyl (C=O) groups excluding carboxylic acids is 1. The molecular weight excluding hydrogens is 336 g/mol. The second-order valence-electron chi connectivity index (χ2n) is 6.42. The average molecular weight is 358 g/mol. The number of para-hydroxylation sites is 1. The molecule has 1 atom stereocenters. The molecule has 132 valence electrons. The molecule has 25 heavy (non-hydrogen) atoms. The van der Waals surface area contributed by atoms with E-state index in [1.54, 1.807) is 11.6 Å². The number of carbonyl (C=O) groups is 1. The summed E-state index contributed by atoms with van der Waals surface area (Å²) in [6.45, 7) is 9.51. The lowest BCUT2D eigenvalue weighted by Crippen LogP contribution is -2.49. The molecule has 0 aliphatic heterocycles. The molecule has 0 saturated carbocycles. The Morgan fingerprint density at radius 2 is 2.04 bits per heavy atom. The van der Waals surface area contributed by atoms with Crippen molar-refractivity contribution >= 4 is 17.7 Å². The van der Waals surface area contributed by atoms with Crippen LogP contribution >= 0.6 is 11.8 Å². The summed E-state index contributed by atoms with van der Waals surface area (Å²) in [5.74, 6) is -0.0832. The van der Waals surface area contributed by atoms with Crippen molar-refractivity contribution in [3.8, 4) is 11.8 Å². The van der Waals surface area contributed by atoms with Gasteiger partial charge >= 0.3 is 0 Å². The SMILES string of the molecule is Cc1cccc(C)c1-n1nnnc1SCC(=O)N[C@](C)(C#N)C(C)C. The summed E-state index contributed by atoms with van der Waals surface area (Å²) in [6, 6.07) is 8.13. The van der Waals surface area contributed by atoms with E-state index in [-0.39, 0.29) is 17.6 Å². The van der Waals surface area contributed by atoms with Crippen molar-refractivity contribution < 1.29 is 4.79 Å². The Balaban J connectivity index is 2.13. The molecule has 7 nitrogen and oxygen atoms in total. The summed E-state index contributed by atoms with van der Waals surface area (Å²) in [5, 5.41) is 24.4. The molecule has 0 fully saturated rings. The number of benzene rings is 1. The van der Waals surface area contributed by atoms with Crippen LogP contribution in [-0.2, 0) is 4.79 Å². The van der Waals surface area contributed by atoms with E-state index in [4.69, 9.17) is 0 Å². The van der Waals surface area contributed by atoms with E-state index in [1.807, 2.05) is 45.9 Å². The number of aryl methyl sites for hydroxylation is 2. The molecule has 0 spiro atoms. The van der Waals surface area contributed by atoms with Crippen LogP contribution in [0.15, 0.2) is 23.4 Å². The molecule has 1 N–H and O–H groups in total. The fourth-order valence-electron chi connectivity index (χ4n) is 2.31. The molecule has 1 amide bonds. The van der Waals surface area contributed by atoms with E-state index in [2.05, 4.69) is 26.9 Å². The lowest BCUT2D eigenvalue weighted by atomic mass is 9.90. The normalized spacial score (nSPS) is 13.3. The predicted octanol–water partition coefficient (Wildman–Crippen LogP) is 2.43. The number of nitrogens with zero attached hydrogens (tertiary/aromatic N) is 5. The van der Waals surface area contributed by atoms with Gasteiger partial charge in [0.15, 0.2) is 0 Å². The van der Waals surface area contributed by atoms with Gasteiger partial charge in [-0.3, -0.25) is 4.79 Å². The van der Waals surface area contributed by atoms with Crippen molar-refractivity contribution in [3.05, 3.63) is 29.3 Å². The summed E-state index contributed by atoms with van der Waals surface area (Å²) < 4.78 is 1.65. The molecule has 0 radical (unpaired) electrons. The highest BCUT2D eigenvalue weighted by atomic mass is 32.2. The first kappa shape index (κ1) is 18.9. The minimum absolute atomic E-state index is 0.00591. The molecular formula is C17H22N6OS. The van der Waals surface area contributed by atoms with Crippen LogP contribution in [0.25, 0.3) is 5.69 Å². The zero-order valence-corrected chi connectivity index (χ0v) is 15.9. The van der Waals surface area contributed by atoms with E-state index in [9.17, 15) is 10.1 Å². The Kier molecular flexibility index (Phi) is 5.80. The monoisotopic (exact) mass is 358 g/mol. The van der Waals surface area contributed by atoms with Crippen LogP contribution in [0.4, 0.5) is 0 Å². The number of hydrogen-bond donors (Lipinski definition) is 1. The maximum Gasteiger partial charge on any atom is 0.231 e. The van der Waals surface area contributed by atoms with Crippen LogP contribution in [0.2, 0.25) is 0 Å². The summed E-state index contributed by atoms with van der Waals surface area (Å²) in [7, 11) is 0. The van der Waals surface area contributed by atoms with Gasteiger partial charge in [0.1, 0.15) is 5.54 Å². The number of aromatic nitrogens is 4. The highest BCUT2D eigenvalue weighted by molar-refractivity contribution is 7.99. The van der Waals surface area contributed by atoms with Crippen LogP contribution in [0, 0.1) is 31.1 Å². The van der Waals surface area contributed by atoms with Crippen LogP contribution < -0.4 is 5.32 Å². The molecule has 0 unspecified atom stereocenters. The van der Waals surface area contributed by atoms with Gasteiger partial charge in [-0.2, -0.15) is 9.94 Å². The van der Waals surface area contributed by atoms with E-state index < -0.39 is 5.54 Å². The predicted molar refractivity (Wildman–Crippen MR) is 96.4 cm³/mol. The van der Waals surface area contributed by atoms with Crippen molar-refractivity contribution in [3.63, 3.8) is 0 Å². The quantitative estimate of drug-likeness (QED) is 0.797. The largest absolute Gasteiger partial charge is 0.337 e. The maximum absolute atomic E-state index is 12.2. The molecule has 1 aromatic carbocycles. The highest BCUT2D eigenvalue weighted by Crippen LogP contribution is 2.23. The smallest absolute Gasteiger partial charge is 0.231 e. The van der Waals surface area contributed by atoms with Gasteiger partial charge in [0.05, 0.1) is 17.5 Å². The van der Waals surface area contributed by atoms with Gasteiger partial charge in [-0.1, -0.05) is 43.8 Å². The standard InChI is InChI=1S/C17H22N6OS/c1-11(2)17(5,10-18)19-14(24)9-25-16-20-21-22-23(16)15-12(3)7-6-8-13(15)4/h6-8,11H,9H2,1-5H3,(H,19,24)/t17-/m1/s1. The molecule has 1 heterocycles. The van der Waals surface area contributed by atoms with Crippen molar-refractivity contribution in [2.45, 2.75) is 45.3 Å². The average Bonchev–Trinajstić information content (AvgIpc) is 3.00. The van der Waals surface area contributed by atoms with Gasteiger partial charge < -0.3 is 5.32 Å². The fraction of sp³-hybridized carbons (Fsp3) is 0.471. The van der Waals surface area contributed by atoms with Gasteiger partial charge in [-0.05, 0) is 48.2 Å². The maximum atomic E-state index is 12.2. The molecule has 2 rings (SSSR count). The number of hydrogen-bond acceptors (Lipinski definition) is 6. The van der Waals surface area contributed by atoms with E-state index in [1.165, 1.54) is 11.8 Å². The van der Waals surface area contributed by atoms with Crippen molar-refractivity contribution in [2.75, 3.05) is 5.75 Å². The van der Waals surface area contributed by atoms with Gasteiger partial charge in [0.25, 0.3) is 0 Å². The third-order valence-corrected chi connectivity index (χ3v) is 5.13. The zero-order valence-electron chi connectivity index (χ0n) is 15.1. The first-order chi connectivity index (χ1) is 11.8. The van der Waals surface area contributed by atoms with E-state index in [0.717, 1.165) is 16.8 Å². The Bertz CT molecular complexity index is 789. The summed E-state index contributed by atoms with van der Waals surface area (Å²) in [4.78, 5) is 12.2. The van der Waals surface area contributed by atoms with Crippen molar-refractivity contribution in [1.29, 1.82) is 5.26 Å². The number of rotatable bonds is 6. The lowest BCUT2D eigenvalue weighted by Gasteiger charge is -2.27. The fourth-order valence-corrected chi connectivity index (χ4v) is 2.98. The minimum Gasteiger partial charge on any atom is -0.337 e. The number of amides is 1. The summed E-state index contributed by atoms with van der Waals surface area (Å²) >= 11 is 1.24. The number of thioether (sulfide) groups is 1. The van der Waals surface area contributed by atoms with Gasteiger partial charge in [-0.25, -0.2) is 0 Å². The number of tetrazole rings is 1. The Hall–Kier alpha value is -2.40. The highest BCUT2D eigenvalue weighted by Gasteiger charge is 2.30. The summed E-state index contributed by atoms with van der Waals surface area (Å²) in [6.07, 6.45) is 0. The molecule has 0 saturated heterocycles. The zero-order chi connectivity index (χ0) is 18.6. The lowest BCUT2D eigenvalue weighted by molar-refractivity contribution is -0.120. The molecule has 2 aromatic rings. The molecule has 8 heteroatoms. The second kappa shape index (κ2) is 7.66. The number of nitriles is 1. The number of nitrogens with one attached hydrogen (secondary N) is 1. The van der Waals surface area contributed by atoms with Crippen LogP contribution in [0.5, 0.6) is 0 Å². The Labute approximate surface area is 151 Å². The van der Waals surface area contributed by atoms with Crippen LogP contribution in [0.1, 0.15) is 31.9 Å². The molecule has 0 aliphatic carbocycles. The van der Waals surface area contributed by atoms with E-state index in [0.29, 0.717) is 5.16 Å². The third-order valence-electron chi connectivity index (χ3n) is 4.21. The van der Waals surface area contributed by atoms with Gasteiger partial charge in [0.2, 0.25) is 11.1 Å². The van der Waals surface area contributed by atoms with Crippen LogP contribution in [0.3, 0.4) is 0 Å². The first-order valence-corrected chi connectivity index (χ1v) is 8.97. The van der Waals surface area contributed by atoms with Crippen molar-refractivity contribution in [2.24, 2.45) is 5.92 Å². The van der Waals surface area contributed by atoms with Crippen molar-refractivity contribution in [1.82, 2.24) is 25.5 Å². The summed E-state index contributed by atoms with van der Waals surface area (Å²) in [5.41, 5.74) is 2.13. The molecule has 0 bridgehead atoms. The molecule has 1 aromatic heterocycles.